The lowest BCUT2D eigenvalue weighted by Crippen LogP contribution is -2.32. The van der Waals surface area contributed by atoms with Crippen molar-refractivity contribution in [1.29, 1.82) is 0 Å². The molecule has 6 rings (SSSR count). The quantitative estimate of drug-likeness (QED) is 0.252. The topological polar surface area (TPSA) is 109 Å². The third kappa shape index (κ3) is 5.67. The fourth-order valence-electron chi connectivity index (χ4n) is 5.11. The lowest BCUT2D eigenvalue weighted by atomic mass is 9.83. The van der Waals surface area contributed by atoms with Crippen LogP contribution in [0.3, 0.4) is 0 Å². The first-order valence-electron chi connectivity index (χ1n) is 12.7. The highest BCUT2D eigenvalue weighted by Crippen LogP contribution is 2.53. The van der Waals surface area contributed by atoms with Crippen molar-refractivity contribution in [3.05, 3.63) is 103 Å². The number of thiazole rings is 1. The largest absolute Gasteiger partial charge is 0.484 e. The molecule has 2 aliphatic rings. The molecule has 3 atom stereocenters. The van der Waals surface area contributed by atoms with Crippen LogP contribution in [0.1, 0.15) is 21.9 Å². The van der Waals surface area contributed by atoms with E-state index >= 15 is 0 Å². The maximum Gasteiger partial charge on any atom is 0.416 e. The van der Waals surface area contributed by atoms with Crippen molar-refractivity contribution in [2.24, 2.45) is 5.92 Å². The van der Waals surface area contributed by atoms with Gasteiger partial charge >= 0.3 is 11.0 Å². The number of ether oxygens (including phenoxy) is 1. The minimum Gasteiger partial charge on any atom is -0.484 e. The average molecular weight is 646 g/mol. The summed E-state index contributed by atoms with van der Waals surface area (Å²) in [7, 11) is 0. The van der Waals surface area contributed by atoms with Gasteiger partial charge in [-0.25, -0.2) is 4.90 Å². The monoisotopic (exact) mass is 645 g/mol. The molecule has 220 valence electrons. The summed E-state index contributed by atoms with van der Waals surface area (Å²) in [6, 6.07) is 17.2. The molecule has 8 nitrogen and oxygen atoms in total. The van der Waals surface area contributed by atoms with Crippen LogP contribution >= 0.6 is 34.7 Å². The molecule has 0 unspecified atom stereocenters. The normalized spacial score (nSPS) is 19.6. The first-order chi connectivity index (χ1) is 20.5. The predicted octanol–water partition coefficient (Wildman–Crippen LogP) is 5.92. The molecule has 1 aromatic heterocycles. The van der Waals surface area contributed by atoms with Crippen LogP contribution in [0.15, 0.2) is 82.6 Å². The lowest BCUT2D eigenvalue weighted by molar-refractivity contribution is -0.137. The van der Waals surface area contributed by atoms with E-state index in [0.717, 1.165) is 40.1 Å². The van der Waals surface area contributed by atoms with Gasteiger partial charge in [0.1, 0.15) is 11.0 Å². The number of nitrogens with one attached hydrogen (secondary N) is 2. The number of halogens is 4. The second-order valence-corrected chi connectivity index (χ2v) is 12.3. The number of aromatic nitrogens is 1. The van der Waals surface area contributed by atoms with Crippen molar-refractivity contribution in [3.63, 3.8) is 0 Å². The van der Waals surface area contributed by atoms with Crippen LogP contribution in [0.5, 0.6) is 5.75 Å². The molecule has 14 heteroatoms. The molecule has 43 heavy (non-hydrogen) atoms. The number of imide groups is 1. The number of rotatable bonds is 6. The van der Waals surface area contributed by atoms with Crippen LogP contribution in [0.25, 0.3) is 0 Å². The Kier molecular flexibility index (Phi) is 7.57. The number of hydrogen-bond acceptors (Lipinski definition) is 7. The second-order valence-electron chi connectivity index (χ2n) is 9.72. The molecule has 0 bridgehead atoms. The molecule has 0 radical (unpaired) electrons. The standard InChI is InChI=1S/C29H19ClF3N3O5S2/c30-16-6-8-18(9-7-16)36-26(38)22-21(23-25(35-28(40)43-23)42-24(22)27(36)39)14-4-10-19(11-5-14)41-13-20(37)34-17-3-1-2-15(12-17)29(31,32)33/h1-12,21-22,24H,13H2,(H,34,37)(H,35,40)/t21-,22-,24+/m0/s1. The summed E-state index contributed by atoms with van der Waals surface area (Å²) in [6.07, 6.45) is -4.54. The van der Waals surface area contributed by atoms with Crippen molar-refractivity contribution in [2.45, 2.75) is 22.4 Å². The molecule has 0 spiro atoms. The van der Waals surface area contributed by atoms with Crippen molar-refractivity contribution in [1.82, 2.24) is 4.98 Å². The molecule has 1 fully saturated rings. The van der Waals surface area contributed by atoms with Crippen molar-refractivity contribution in [2.75, 3.05) is 16.8 Å². The average Bonchev–Trinajstić information content (AvgIpc) is 3.46. The van der Waals surface area contributed by atoms with Crippen LogP contribution in [-0.4, -0.2) is 34.6 Å². The summed E-state index contributed by atoms with van der Waals surface area (Å²) in [5, 5.41) is 2.61. The van der Waals surface area contributed by atoms with Gasteiger partial charge in [0, 0.05) is 21.5 Å². The van der Waals surface area contributed by atoms with Gasteiger partial charge in [-0.1, -0.05) is 52.9 Å². The zero-order valence-electron chi connectivity index (χ0n) is 21.7. The fourth-order valence-corrected chi connectivity index (χ4v) is 7.75. The number of carbonyl (C=O) groups is 3. The third-order valence-corrected chi connectivity index (χ3v) is 9.64. The van der Waals surface area contributed by atoms with Crippen molar-refractivity contribution < 1.29 is 32.3 Å². The molecular weight excluding hydrogens is 627 g/mol. The summed E-state index contributed by atoms with van der Waals surface area (Å²) < 4.78 is 44.4. The zero-order valence-corrected chi connectivity index (χ0v) is 24.1. The van der Waals surface area contributed by atoms with Gasteiger partial charge in [-0.2, -0.15) is 13.2 Å². The van der Waals surface area contributed by atoms with Gasteiger partial charge in [-0.3, -0.25) is 19.2 Å². The van der Waals surface area contributed by atoms with Gasteiger partial charge < -0.3 is 15.0 Å². The van der Waals surface area contributed by atoms with Crippen LogP contribution in [0.2, 0.25) is 5.02 Å². The van der Waals surface area contributed by atoms with Gasteiger partial charge in [0.15, 0.2) is 6.61 Å². The van der Waals surface area contributed by atoms with Gasteiger partial charge in [-0.05, 0) is 60.2 Å². The predicted molar refractivity (Wildman–Crippen MR) is 156 cm³/mol. The zero-order chi connectivity index (χ0) is 30.5. The molecule has 2 N–H and O–H groups in total. The number of anilines is 2. The number of amides is 3. The Hall–Kier alpha value is -4.07. The number of hydrogen-bond donors (Lipinski definition) is 2. The highest BCUT2D eigenvalue weighted by atomic mass is 35.5. The Labute approximate surface area is 254 Å². The molecule has 3 aromatic carbocycles. The van der Waals surface area contributed by atoms with E-state index in [1.54, 1.807) is 48.5 Å². The van der Waals surface area contributed by atoms with E-state index in [1.807, 2.05) is 0 Å². The number of aromatic amines is 1. The summed E-state index contributed by atoms with van der Waals surface area (Å²) in [4.78, 5) is 56.1. The van der Waals surface area contributed by atoms with Gasteiger partial charge in [0.25, 0.3) is 5.91 Å². The minimum atomic E-state index is -4.54. The highest BCUT2D eigenvalue weighted by molar-refractivity contribution is 8.00. The molecule has 3 heterocycles. The number of thioether (sulfide) groups is 1. The van der Waals surface area contributed by atoms with E-state index in [-0.39, 0.29) is 10.6 Å². The molecule has 2 aliphatic heterocycles. The maximum atomic E-state index is 13.7. The van der Waals surface area contributed by atoms with Crippen LogP contribution in [0, 0.1) is 5.92 Å². The maximum absolute atomic E-state index is 13.7. The molecule has 0 saturated carbocycles. The number of benzene rings is 3. The number of H-pyrrole nitrogens is 1. The van der Waals surface area contributed by atoms with Crippen molar-refractivity contribution >= 4 is 63.8 Å². The van der Waals surface area contributed by atoms with Crippen molar-refractivity contribution in [3.8, 4) is 5.75 Å². The number of alkyl halides is 3. The van der Waals surface area contributed by atoms with E-state index in [2.05, 4.69) is 10.3 Å². The summed E-state index contributed by atoms with van der Waals surface area (Å²) >= 11 is 8.13. The van der Waals surface area contributed by atoms with Gasteiger partial charge in [0.2, 0.25) is 11.8 Å². The Balaban J connectivity index is 1.21. The number of fused-ring (bicyclic) bond motifs is 2. The summed E-state index contributed by atoms with van der Waals surface area (Å²) in [5.74, 6) is -2.53. The molecule has 3 amide bonds. The fraction of sp³-hybridized carbons (Fsp3) is 0.172. The van der Waals surface area contributed by atoms with Crippen LogP contribution in [-0.2, 0) is 20.6 Å². The number of carbonyl (C=O) groups excluding carboxylic acids is 3. The SMILES string of the molecule is O=C(COc1ccc([C@@H]2c3sc(=O)[nH]c3S[C@H]3C(=O)N(c4ccc(Cl)cc4)C(=O)[C@@H]23)cc1)Nc1cccc(C(F)(F)F)c1. The van der Waals surface area contributed by atoms with Crippen LogP contribution < -0.4 is 19.8 Å². The molecule has 0 aliphatic carbocycles. The summed E-state index contributed by atoms with van der Waals surface area (Å²) in [6.45, 7) is -0.465. The van der Waals surface area contributed by atoms with Gasteiger partial charge in [-0.15, -0.1) is 0 Å². The number of nitrogens with zero attached hydrogens (tertiary/aromatic N) is 1. The smallest absolute Gasteiger partial charge is 0.416 e. The first-order valence-corrected chi connectivity index (χ1v) is 14.8. The van der Waals surface area contributed by atoms with E-state index in [4.69, 9.17) is 16.3 Å². The Morgan fingerprint density at radius 2 is 1.72 bits per heavy atom. The lowest BCUT2D eigenvalue weighted by Gasteiger charge is -2.29. The molecular formula is C29H19ClF3N3O5S2. The highest BCUT2D eigenvalue weighted by Gasteiger charge is 2.56. The first kappa shape index (κ1) is 29.0. The minimum absolute atomic E-state index is 0.0202. The Bertz CT molecular complexity index is 1790. The third-order valence-electron chi connectivity index (χ3n) is 6.99. The van der Waals surface area contributed by atoms with E-state index in [1.165, 1.54) is 12.1 Å². The van der Waals surface area contributed by atoms with E-state index in [0.29, 0.717) is 31.9 Å². The van der Waals surface area contributed by atoms with E-state index < -0.39 is 53.2 Å². The van der Waals surface area contributed by atoms with Gasteiger partial charge in [0.05, 0.1) is 22.2 Å². The van der Waals surface area contributed by atoms with E-state index in [9.17, 15) is 32.3 Å². The Morgan fingerprint density at radius 3 is 2.42 bits per heavy atom. The molecule has 1 saturated heterocycles. The second kappa shape index (κ2) is 11.2. The Morgan fingerprint density at radius 1 is 1.00 bits per heavy atom. The van der Waals surface area contributed by atoms with Crippen LogP contribution in [0.4, 0.5) is 24.5 Å². The summed E-state index contributed by atoms with van der Waals surface area (Å²) in [5.41, 5.74) is 0.150. The molecule has 4 aromatic rings.